The second kappa shape index (κ2) is 7.32. The van der Waals surface area contributed by atoms with Crippen molar-refractivity contribution in [1.29, 1.82) is 10.5 Å². The van der Waals surface area contributed by atoms with Crippen molar-refractivity contribution in [1.82, 2.24) is 0 Å². The fraction of sp³-hybridized carbons (Fsp3) is 0.364. The summed E-state index contributed by atoms with van der Waals surface area (Å²) in [6.07, 6.45) is 1.84. The van der Waals surface area contributed by atoms with E-state index >= 15 is 0 Å². The number of nitriles is 2. The van der Waals surface area contributed by atoms with Crippen molar-refractivity contribution in [2.45, 2.75) is 16.0 Å². The summed E-state index contributed by atoms with van der Waals surface area (Å²) >= 11 is 3.87. The lowest BCUT2D eigenvalue weighted by atomic mass is 10.3. The summed E-state index contributed by atoms with van der Waals surface area (Å²) in [5, 5.41) is 17.7. The molecule has 0 aromatic carbocycles. The van der Waals surface area contributed by atoms with Crippen molar-refractivity contribution in [2.75, 3.05) is 18.6 Å². The molecule has 0 spiro atoms. The third-order valence-electron chi connectivity index (χ3n) is 1.88. The Bertz CT molecular complexity index is 526. The van der Waals surface area contributed by atoms with Crippen LogP contribution < -0.4 is 0 Å². The number of nitrogens with zero attached hydrogens (tertiary/aromatic N) is 2. The summed E-state index contributed by atoms with van der Waals surface area (Å²) in [7, 11) is 0. The lowest BCUT2D eigenvalue weighted by molar-refractivity contribution is 0.0519. The number of esters is 1. The monoisotopic (exact) mass is 298 g/mol. The highest BCUT2D eigenvalue weighted by Gasteiger charge is 2.24. The van der Waals surface area contributed by atoms with Crippen LogP contribution in [0.1, 0.15) is 22.2 Å². The first-order chi connectivity index (χ1) is 8.69. The Morgan fingerprint density at radius 2 is 2.22 bits per heavy atom. The van der Waals surface area contributed by atoms with Crippen molar-refractivity contribution >= 4 is 40.8 Å². The minimum atomic E-state index is -0.431. The molecule has 0 atom stereocenters. The highest BCUT2D eigenvalue weighted by molar-refractivity contribution is 8.01. The number of carbonyl (C=O) groups excluding carboxylic acids is 1. The lowest BCUT2D eigenvalue weighted by Crippen LogP contribution is -2.06. The van der Waals surface area contributed by atoms with E-state index in [4.69, 9.17) is 15.3 Å². The molecule has 0 aliphatic rings. The van der Waals surface area contributed by atoms with Crippen molar-refractivity contribution < 1.29 is 9.53 Å². The van der Waals surface area contributed by atoms with Gasteiger partial charge in [0.15, 0.2) is 0 Å². The van der Waals surface area contributed by atoms with Gasteiger partial charge in [-0.15, -0.1) is 34.9 Å². The molecule has 0 N–H and O–H groups in total. The van der Waals surface area contributed by atoms with Crippen LogP contribution in [0.15, 0.2) is 9.10 Å². The summed E-state index contributed by atoms with van der Waals surface area (Å²) in [6.45, 7) is 2.02. The number of ether oxygens (including phenoxy) is 1. The van der Waals surface area contributed by atoms with E-state index in [-0.39, 0.29) is 12.4 Å². The van der Waals surface area contributed by atoms with E-state index in [0.29, 0.717) is 15.3 Å². The molecule has 0 aliphatic carbocycles. The summed E-state index contributed by atoms with van der Waals surface area (Å²) in [5.41, 5.74) is 0.422. The summed E-state index contributed by atoms with van der Waals surface area (Å²) in [6, 6.07) is 4.06. The standard InChI is InChI=1S/C11H10N2O2S3/c1-3-15-10(14)8-9(17-5-4-12)7(6-13)18-11(8)16-2/h3,5H2,1-2H3. The predicted octanol–water partition coefficient (Wildman–Crippen LogP) is 3.13. The second-order valence-corrected chi connectivity index (χ2v) is 5.99. The Hall–Kier alpha value is -1.15. The Morgan fingerprint density at radius 3 is 2.72 bits per heavy atom. The third kappa shape index (κ3) is 3.20. The van der Waals surface area contributed by atoms with Gasteiger partial charge in [-0.05, 0) is 13.2 Å². The fourth-order valence-electron chi connectivity index (χ4n) is 1.24. The van der Waals surface area contributed by atoms with Crippen molar-refractivity contribution in [3.8, 4) is 12.1 Å². The van der Waals surface area contributed by atoms with E-state index in [9.17, 15) is 4.79 Å². The van der Waals surface area contributed by atoms with Gasteiger partial charge in [-0.1, -0.05) is 0 Å². The van der Waals surface area contributed by atoms with Crippen LogP contribution in [0, 0.1) is 22.7 Å². The summed E-state index contributed by atoms with van der Waals surface area (Å²) in [5.74, 6) is -0.230. The molecule has 18 heavy (non-hydrogen) atoms. The van der Waals surface area contributed by atoms with E-state index in [2.05, 4.69) is 6.07 Å². The minimum absolute atomic E-state index is 0.200. The Labute approximate surface area is 118 Å². The maximum Gasteiger partial charge on any atom is 0.341 e. The molecule has 1 aromatic heterocycles. The molecule has 1 aromatic rings. The van der Waals surface area contributed by atoms with Gasteiger partial charge in [0.25, 0.3) is 0 Å². The van der Waals surface area contributed by atoms with E-state index in [1.165, 1.54) is 34.9 Å². The first-order valence-electron chi connectivity index (χ1n) is 4.97. The smallest absolute Gasteiger partial charge is 0.341 e. The van der Waals surface area contributed by atoms with Crippen LogP contribution in [-0.2, 0) is 4.74 Å². The number of carbonyl (C=O) groups is 1. The van der Waals surface area contributed by atoms with Gasteiger partial charge in [0.05, 0.1) is 33.1 Å². The number of hydrogen-bond donors (Lipinski definition) is 0. The molecule has 0 unspecified atom stereocenters. The summed E-state index contributed by atoms with van der Waals surface area (Å²) in [4.78, 5) is 12.9. The van der Waals surface area contributed by atoms with Crippen LogP contribution in [0.5, 0.6) is 0 Å². The van der Waals surface area contributed by atoms with Gasteiger partial charge in [0.2, 0.25) is 0 Å². The molecule has 94 valence electrons. The molecule has 1 rings (SSSR count). The molecule has 0 radical (unpaired) electrons. The van der Waals surface area contributed by atoms with Crippen LogP contribution in [0.4, 0.5) is 0 Å². The highest BCUT2D eigenvalue weighted by atomic mass is 32.2. The van der Waals surface area contributed by atoms with Crippen LogP contribution in [0.2, 0.25) is 0 Å². The van der Waals surface area contributed by atoms with Crippen molar-refractivity contribution in [3.63, 3.8) is 0 Å². The minimum Gasteiger partial charge on any atom is -0.462 e. The molecular weight excluding hydrogens is 288 g/mol. The van der Waals surface area contributed by atoms with Gasteiger partial charge in [-0.2, -0.15) is 10.5 Å². The van der Waals surface area contributed by atoms with Gasteiger partial charge < -0.3 is 4.74 Å². The topological polar surface area (TPSA) is 73.9 Å². The average molecular weight is 298 g/mol. The molecule has 1 heterocycles. The third-order valence-corrected chi connectivity index (χ3v) is 5.19. The first-order valence-corrected chi connectivity index (χ1v) is 8.00. The first kappa shape index (κ1) is 14.9. The van der Waals surface area contributed by atoms with Crippen molar-refractivity contribution in [2.24, 2.45) is 0 Å². The van der Waals surface area contributed by atoms with Gasteiger partial charge in [-0.25, -0.2) is 4.79 Å². The molecule has 0 amide bonds. The van der Waals surface area contributed by atoms with E-state index in [0.717, 1.165) is 4.21 Å². The van der Waals surface area contributed by atoms with Crippen LogP contribution >= 0.6 is 34.9 Å². The Morgan fingerprint density at radius 1 is 1.50 bits per heavy atom. The molecule has 0 bridgehead atoms. The van der Waals surface area contributed by atoms with E-state index in [1.54, 1.807) is 6.92 Å². The van der Waals surface area contributed by atoms with Crippen LogP contribution in [-0.4, -0.2) is 24.6 Å². The Balaban J connectivity index is 3.26. The quantitative estimate of drug-likeness (QED) is 0.614. The number of hydrogen-bond acceptors (Lipinski definition) is 7. The van der Waals surface area contributed by atoms with Gasteiger partial charge >= 0.3 is 5.97 Å². The van der Waals surface area contributed by atoms with Crippen LogP contribution in [0.3, 0.4) is 0 Å². The SMILES string of the molecule is CCOC(=O)c1c(SC)sc(C#N)c1SCC#N. The van der Waals surface area contributed by atoms with Gasteiger partial charge in [-0.3, -0.25) is 0 Å². The predicted molar refractivity (Wildman–Crippen MR) is 73.1 cm³/mol. The molecular formula is C11H10N2O2S3. The zero-order valence-electron chi connectivity index (χ0n) is 9.85. The molecule has 4 nitrogen and oxygen atoms in total. The number of thiophene rings is 1. The molecule has 7 heteroatoms. The maximum atomic E-state index is 11.9. The summed E-state index contributed by atoms with van der Waals surface area (Å²) < 4.78 is 5.75. The Kier molecular flexibility index (Phi) is 6.06. The molecule has 0 saturated heterocycles. The van der Waals surface area contributed by atoms with Crippen molar-refractivity contribution in [3.05, 3.63) is 10.4 Å². The second-order valence-electron chi connectivity index (χ2n) is 2.91. The highest BCUT2D eigenvalue weighted by Crippen LogP contribution is 2.40. The largest absolute Gasteiger partial charge is 0.462 e. The normalized spacial score (nSPS) is 9.56. The lowest BCUT2D eigenvalue weighted by Gasteiger charge is -2.04. The molecule has 0 aliphatic heterocycles. The van der Waals surface area contributed by atoms with Crippen LogP contribution in [0.25, 0.3) is 0 Å². The zero-order chi connectivity index (χ0) is 13.5. The molecule has 0 fully saturated rings. The van der Waals surface area contributed by atoms with E-state index in [1.807, 2.05) is 12.3 Å². The molecule has 0 saturated carbocycles. The number of thioether (sulfide) groups is 2. The fourth-order valence-corrected chi connectivity index (χ4v) is 4.07. The van der Waals surface area contributed by atoms with Gasteiger partial charge in [0.1, 0.15) is 10.9 Å². The number of rotatable bonds is 5. The van der Waals surface area contributed by atoms with E-state index < -0.39 is 5.97 Å². The maximum absolute atomic E-state index is 11.9. The average Bonchev–Trinajstić information content (AvgIpc) is 2.74. The van der Waals surface area contributed by atoms with Gasteiger partial charge in [0, 0.05) is 0 Å². The zero-order valence-corrected chi connectivity index (χ0v) is 12.3.